The molecule has 2 fully saturated rings. The Hall–Kier alpha value is -0.0800. The van der Waals surface area contributed by atoms with Crippen LogP contribution in [0.4, 0.5) is 0 Å². The first kappa shape index (κ1) is 11.4. The van der Waals surface area contributed by atoms with Crippen molar-refractivity contribution >= 4 is 0 Å². The van der Waals surface area contributed by atoms with Crippen molar-refractivity contribution < 1.29 is 4.74 Å². The first-order valence-electron chi connectivity index (χ1n) is 6.77. The molecule has 2 aliphatic rings. The van der Waals surface area contributed by atoms with Crippen molar-refractivity contribution in [2.45, 2.75) is 76.5 Å². The molecule has 0 heterocycles. The maximum Gasteiger partial charge on any atom is 0.0593 e. The predicted octanol–water partition coefficient (Wildman–Crippen LogP) is 2.87. The lowest BCUT2D eigenvalue weighted by molar-refractivity contribution is -0.0687. The Bertz CT molecular complexity index is 179. The quantitative estimate of drug-likeness (QED) is 0.755. The summed E-state index contributed by atoms with van der Waals surface area (Å²) in [5, 5.41) is 3.63. The molecule has 2 heteroatoms. The molecule has 0 spiro atoms. The van der Waals surface area contributed by atoms with Crippen molar-refractivity contribution in [3.05, 3.63) is 0 Å². The molecule has 0 aromatic heterocycles. The van der Waals surface area contributed by atoms with Crippen LogP contribution in [0.15, 0.2) is 0 Å². The Morgan fingerprint density at radius 3 is 2.47 bits per heavy atom. The van der Waals surface area contributed by atoms with Crippen molar-refractivity contribution in [3.63, 3.8) is 0 Å². The van der Waals surface area contributed by atoms with E-state index < -0.39 is 0 Å². The highest BCUT2D eigenvalue weighted by molar-refractivity contribution is 4.80. The third-order valence-corrected chi connectivity index (χ3v) is 3.75. The Morgan fingerprint density at radius 1 is 1.07 bits per heavy atom. The minimum absolute atomic E-state index is 0.554. The smallest absolute Gasteiger partial charge is 0.0593 e. The summed E-state index contributed by atoms with van der Waals surface area (Å²) in [6, 6.07) is 0.726. The van der Waals surface area contributed by atoms with Gasteiger partial charge in [-0.15, -0.1) is 0 Å². The second kappa shape index (κ2) is 5.86. The van der Waals surface area contributed by atoms with E-state index in [-0.39, 0.29) is 0 Å². The highest BCUT2D eigenvalue weighted by atomic mass is 16.5. The van der Waals surface area contributed by atoms with Gasteiger partial charge in [-0.1, -0.05) is 6.92 Å². The van der Waals surface area contributed by atoms with Gasteiger partial charge >= 0.3 is 0 Å². The zero-order valence-electron chi connectivity index (χ0n) is 10.0. The first-order valence-corrected chi connectivity index (χ1v) is 6.77. The van der Waals surface area contributed by atoms with Crippen molar-refractivity contribution in [2.75, 3.05) is 6.54 Å². The van der Waals surface area contributed by atoms with Crippen LogP contribution in [0, 0.1) is 0 Å². The van der Waals surface area contributed by atoms with E-state index in [2.05, 4.69) is 12.2 Å². The lowest BCUT2D eigenvalue weighted by atomic mass is 9.91. The number of nitrogens with one attached hydrogen (secondary N) is 1. The van der Waals surface area contributed by atoms with Crippen LogP contribution < -0.4 is 5.32 Å². The average molecular weight is 211 g/mol. The van der Waals surface area contributed by atoms with Crippen LogP contribution in [0.1, 0.15) is 58.3 Å². The van der Waals surface area contributed by atoms with Crippen molar-refractivity contribution in [3.8, 4) is 0 Å². The number of hydrogen-bond acceptors (Lipinski definition) is 2. The molecular weight excluding hydrogens is 186 g/mol. The Labute approximate surface area is 93.8 Å². The van der Waals surface area contributed by atoms with Crippen LogP contribution >= 0.6 is 0 Å². The second-order valence-electron chi connectivity index (χ2n) is 5.13. The minimum Gasteiger partial charge on any atom is -0.375 e. The molecule has 15 heavy (non-hydrogen) atoms. The third kappa shape index (κ3) is 3.46. The summed E-state index contributed by atoms with van der Waals surface area (Å²) in [7, 11) is 0. The van der Waals surface area contributed by atoms with Crippen molar-refractivity contribution in [1.29, 1.82) is 0 Å². The molecule has 1 N–H and O–H groups in total. The van der Waals surface area contributed by atoms with Crippen LogP contribution in [-0.2, 0) is 4.74 Å². The van der Waals surface area contributed by atoms with Crippen LogP contribution in [0.5, 0.6) is 0 Å². The summed E-state index contributed by atoms with van der Waals surface area (Å²) in [5.74, 6) is 0. The first-order chi connectivity index (χ1) is 7.38. The maximum absolute atomic E-state index is 6.10. The van der Waals surface area contributed by atoms with Gasteiger partial charge in [0.15, 0.2) is 0 Å². The fourth-order valence-corrected chi connectivity index (χ4v) is 2.58. The average Bonchev–Trinajstić information content (AvgIpc) is 2.21. The van der Waals surface area contributed by atoms with Gasteiger partial charge in [0.25, 0.3) is 0 Å². The Balaban J connectivity index is 1.66. The molecule has 2 unspecified atom stereocenters. The molecule has 2 saturated carbocycles. The van der Waals surface area contributed by atoms with Crippen molar-refractivity contribution in [2.24, 2.45) is 0 Å². The lowest BCUT2D eigenvalue weighted by Gasteiger charge is -2.35. The van der Waals surface area contributed by atoms with Gasteiger partial charge in [-0.2, -0.15) is 0 Å². The molecule has 0 saturated heterocycles. The maximum atomic E-state index is 6.10. The molecule has 0 aromatic rings. The van der Waals surface area contributed by atoms with E-state index in [4.69, 9.17) is 4.74 Å². The van der Waals surface area contributed by atoms with E-state index in [1.165, 1.54) is 57.9 Å². The zero-order valence-corrected chi connectivity index (χ0v) is 10.0. The highest BCUT2D eigenvalue weighted by Crippen LogP contribution is 2.28. The van der Waals surface area contributed by atoms with E-state index >= 15 is 0 Å². The van der Waals surface area contributed by atoms with Gasteiger partial charge in [-0.05, 0) is 57.9 Å². The number of ether oxygens (including phenoxy) is 1. The van der Waals surface area contributed by atoms with Gasteiger partial charge in [-0.25, -0.2) is 0 Å². The van der Waals surface area contributed by atoms with Gasteiger partial charge in [0, 0.05) is 6.04 Å². The number of hydrogen-bond donors (Lipinski definition) is 1. The summed E-state index contributed by atoms with van der Waals surface area (Å²) in [4.78, 5) is 0. The monoisotopic (exact) mass is 211 g/mol. The molecule has 2 aliphatic carbocycles. The second-order valence-corrected chi connectivity index (χ2v) is 5.13. The summed E-state index contributed by atoms with van der Waals surface area (Å²) in [6.45, 7) is 3.40. The van der Waals surface area contributed by atoms with E-state index in [0.29, 0.717) is 12.2 Å². The highest BCUT2D eigenvalue weighted by Gasteiger charge is 2.27. The molecule has 0 amide bonds. The fraction of sp³-hybridized carbons (Fsp3) is 1.00. The van der Waals surface area contributed by atoms with E-state index in [1.807, 2.05) is 0 Å². The normalized spacial score (nSPS) is 32.6. The van der Waals surface area contributed by atoms with Crippen LogP contribution in [0.25, 0.3) is 0 Å². The van der Waals surface area contributed by atoms with Crippen molar-refractivity contribution in [1.82, 2.24) is 5.32 Å². The fourth-order valence-electron chi connectivity index (χ4n) is 2.58. The van der Waals surface area contributed by atoms with Gasteiger partial charge in [0.05, 0.1) is 12.2 Å². The summed E-state index contributed by atoms with van der Waals surface area (Å²) >= 11 is 0. The largest absolute Gasteiger partial charge is 0.375 e. The summed E-state index contributed by atoms with van der Waals surface area (Å²) in [5.41, 5.74) is 0. The molecular formula is C13H25NO. The van der Waals surface area contributed by atoms with E-state index in [1.54, 1.807) is 0 Å². The topological polar surface area (TPSA) is 21.3 Å². The van der Waals surface area contributed by atoms with E-state index in [0.717, 1.165) is 6.04 Å². The molecule has 2 atom stereocenters. The van der Waals surface area contributed by atoms with Crippen LogP contribution in [0.2, 0.25) is 0 Å². The van der Waals surface area contributed by atoms with Crippen LogP contribution in [-0.4, -0.2) is 24.8 Å². The number of rotatable bonds is 5. The zero-order chi connectivity index (χ0) is 10.5. The minimum atomic E-state index is 0.554. The molecule has 0 aromatic carbocycles. The summed E-state index contributed by atoms with van der Waals surface area (Å²) < 4.78 is 6.10. The molecule has 0 radical (unpaired) electrons. The SMILES string of the molecule is CCCNC1CCCC(OC2CCC2)C1. The van der Waals surface area contributed by atoms with Gasteiger partial charge in [0.1, 0.15) is 0 Å². The molecule has 88 valence electrons. The molecule has 2 nitrogen and oxygen atoms in total. The van der Waals surface area contributed by atoms with Gasteiger partial charge < -0.3 is 10.1 Å². The van der Waals surface area contributed by atoms with Crippen LogP contribution in [0.3, 0.4) is 0 Å². The Morgan fingerprint density at radius 2 is 1.80 bits per heavy atom. The lowest BCUT2D eigenvalue weighted by Crippen LogP contribution is -2.39. The molecule has 2 rings (SSSR count). The van der Waals surface area contributed by atoms with Gasteiger partial charge in [0.2, 0.25) is 0 Å². The van der Waals surface area contributed by atoms with Gasteiger partial charge in [-0.3, -0.25) is 0 Å². The predicted molar refractivity (Wildman–Crippen MR) is 63.1 cm³/mol. The van der Waals surface area contributed by atoms with E-state index in [9.17, 15) is 0 Å². The Kier molecular flexibility index (Phi) is 4.45. The molecule has 0 bridgehead atoms. The third-order valence-electron chi connectivity index (χ3n) is 3.75. The summed E-state index contributed by atoms with van der Waals surface area (Å²) in [6.07, 6.45) is 11.6. The molecule has 0 aliphatic heterocycles. The standard InChI is InChI=1S/C13H25NO/c1-2-9-14-11-5-3-8-13(10-11)15-12-6-4-7-12/h11-14H,2-10H2,1H3.